The molecule has 138 valence electrons. The topological polar surface area (TPSA) is 94.1 Å². The number of thiazole rings is 1. The number of hydrogen-bond acceptors (Lipinski definition) is 8. The van der Waals surface area contributed by atoms with Crippen molar-refractivity contribution in [3.8, 4) is 10.8 Å². The van der Waals surface area contributed by atoms with Crippen LogP contribution in [0.5, 0.6) is 0 Å². The highest BCUT2D eigenvalue weighted by Gasteiger charge is 2.19. The Morgan fingerprint density at radius 1 is 1.22 bits per heavy atom. The number of carbonyl (C=O) groups is 2. The van der Waals surface area contributed by atoms with E-state index in [2.05, 4.69) is 20.3 Å². The molecule has 27 heavy (non-hydrogen) atoms. The van der Waals surface area contributed by atoms with Crippen LogP contribution in [-0.2, 0) is 9.53 Å². The summed E-state index contributed by atoms with van der Waals surface area (Å²) in [5.41, 5.74) is 1.17. The Hall–Kier alpha value is -2.78. The molecular formula is C18H16N4O3S2. The van der Waals surface area contributed by atoms with Crippen molar-refractivity contribution in [2.75, 3.05) is 18.2 Å². The number of anilines is 1. The Bertz CT molecular complexity index is 960. The van der Waals surface area contributed by atoms with Gasteiger partial charge in [-0.15, -0.1) is 23.1 Å². The van der Waals surface area contributed by atoms with Crippen molar-refractivity contribution in [1.82, 2.24) is 15.0 Å². The van der Waals surface area contributed by atoms with Gasteiger partial charge in [-0.2, -0.15) is 0 Å². The van der Waals surface area contributed by atoms with Crippen LogP contribution < -0.4 is 5.32 Å². The van der Waals surface area contributed by atoms with E-state index in [1.165, 1.54) is 0 Å². The van der Waals surface area contributed by atoms with Gasteiger partial charge in [-0.3, -0.25) is 4.79 Å². The summed E-state index contributed by atoms with van der Waals surface area (Å²) >= 11 is 2.71. The van der Waals surface area contributed by atoms with Gasteiger partial charge >= 0.3 is 5.97 Å². The molecule has 0 fully saturated rings. The second-order valence-corrected chi connectivity index (χ2v) is 7.24. The van der Waals surface area contributed by atoms with E-state index in [1.807, 2.05) is 24.5 Å². The largest absolute Gasteiger partial charge is 0.451 e. The molecule has 7 nitrogen and oxygen atoms in total. The second kappa shape index (κ2) is 8.74. The smallest absolute Gasteiger partial charge is 0.350 e. The molecule has 0 bridgehead atoms. The molecule has 3 aromatic rings. The van der Waals surface area contributed by atoms with Crippen molar-refractivity contribution >= 4 is 40.7 Å². The van der Waals surface area contributed by atoms with Crippen LogP contribution in [0.4, 0.5) is 5.69 Å². The summed E-state index contributed by atoms with van der Waals surface area (Å²) in [6.07, 6.45) is 5.16. The fourth-order valence-corrected chi connectivity index (χ4v) is 3.55. The van der Waals surface area contributed by atoms with Gasteiger partial charge in [0.1, 0.15) is 4.88 Å². The molecule has 1 amide bonds. The van der Waals surface area contributed by atoms with Crippen molar-refractivity contribution in [1.29, 1.82) is 0 Å². The summed E-state index contributed by atoms with van der Waals surface area (Å²) in [6.45, 7) is 1.32. The van der Waals surface area contributed by atoms with Crippen molar-refractivity contribution < 1.29 is 14.3 Å². The molecule has 2 aromatic heterocycles. The van der Waals surface area contributed by atoms with Crippen LogP contribution in [-0.4, -0.2) is 39.7 Å². The first-order valence-corrected chi connectivity index (χ1v) is 9.97. The third-order valence-corrected chi connectivity index (χ3v) is 5.29. The number of carbonyl (C=O) groups excluding carboxylic acids is 2. The molecule has 0 spiro atoms. The molecule has 2 heterocycles. The highest BCUT2D eigenvalue weighted by Crippen LogP contribution is 2.25. The van der Waals surface area contributed by atoms with E-state index in [0.717, 1.165) is 16.2 Å². The number of nitrogens with zero attached hydrogens (tertiary/aromatic N) is 3. The standard InChI is InChI=1S/C18H16N4O3S2/c1-11-15(27-17(21-11)16-19-7-4-8-20-16)18(24)25-10-14(23)22-12-5-3-6-13(9-12)26-2/h3-9H,10H2,1-2H3,(H,22,23). The SMILES string of the molecule is CSc1cccc(NC(=O)COC(=O)c2sc(-c3ncccn3)nc2C)c1. The highest BCUT2D eigenvalue weighted by atomic mass is 32.2. The number of amides is 1. The lowest BCUT2D eigenvalue weighted by molar-refractivity contribution is -0.119. The minimum atomic E-state index is -0.597. The molecule has 0 radical (unpaired) electrons. The number of thioether (sulfide) groups is 1. The summed E-state index contributed by atoms with van der Waals surface area (Å²) in [5, 5.41) is 3.23. The monoisotopic (exact) mass is 400 g/mol. The summed E-state index contributed by atoms with van der Waals surface area (Å²) in [6, 6.07) is 9.12. The van der Waals surface area contributed by atoms with E-state index in [-0.39, 0.29) is 6.61 Å². The maximum atomic E-state index is 12.3. The lowest BCUT2D eigenvalue weighted by Gasteiger charge is -2.07. The number of esters is 1. The van der Waals surface area contributed by atoms with E-state index in [0.29, 0.717) is 27.1 Å². The zero-order valence-corrected chi connectivity index (χ0v) is 16.3. The van der Waals surface area contributed by atoms with Crippen molar-refractivity contribution in [2.24, 2.45) is 0 Å². The zero-order chi connectivity index (χ0) is 19.2. The molecular weight excluding hydrogens is 384 g/mol. The predicted molar refractivity (Wildman–Crippen MR) is 105 cm³/mol. The van der Waals surface area contributed by atoms with Crippen LogP contribution in [0.3, 0.4) is 0 Å². The lowest BCUT2D eigenvalue weighted by atomic mass is 10.3. The molecule has 0 aliphatic heterocycles. The summed E-state index contributed by atoms with van der Waals surface area (Å²) in [7, 11) is 0. The summed E-state index contributed by atoms with van der Waals surface area (Å²) < 4.78 is 5.12. The van der Waals surface area contributed by atoms with Gasteiger partial charge in [-0.1, -0.05) is 6.07 Å². The second-order valence-electron chi connectivity index (χ2n) is 5.36. The van der Waals surface area contributed by atoms with Crippen molar-refractivity contribution in [3.05, 3.63) is 53.3 Å². The predicted octanol–water partition coefficient (Wildman–Crippen LogP) is 3.43. The molecule has 0 aliphatic rings. The average Bonchev–Trinajstić information content (AvgIpc) is 3.09. The summed E-state index contributed by atoms with van der Waals surface area (Å²) in [4.78, 5) is 38.2. The third kappa shape index (κ3) is 4.89. The highest BCUT2D eigenvalue weighted by molar-refractivity contribution is 7.98. The maximum Gasteiger partial charge on any atom is 0.350 e. The number of aryl methyl sites for hydroxylation is 1. The molecule has 3 rings (SSSR count). The van der Waals surface area contributed by atoms with E-state index in [9.17, 15) is 9.59 Å². The number of aromatic nitrogens is 3. The van der Waals surface area contributed by atoms with Crippen LogP contribution in [0, 0.1) is 6.92 Å². The van der Waals surface area contributed by atoms with Crippen LogP contribution in [0.25, 0.3) is 10.8 Å². The molecule has 9 heteroatoms. The van der Waals surface area contributed by atoms with Gasteiger partial charge in [0.25, 0.3) is 5.91 Å². The molecule has 0 saturated heterocycles. The van der Waals surface area contributed by atoms with Gasteiger partial charge < -0.3 is 10.1 Å². The zero-order valence-electron chi connectivity index (χ0n) is 14.6. The fourth-order valence-electron chi connectivity index (χ4n) is 2.19. The van der Waals surface area contributed by atoms with E-state index in [4.69, 9.17) is 4.74 Å². The van der Waals surface area contributed by atoms with Crippen LogP contribution in [0.2, 0.25) is 0 Å². The number of hydrogen-bond donors (Lipinski definition) is 1. The number of nitrogens with one attached hydrogen (secondary N) is 1. The van der Waals surface area contributed by atoms with Gasteiger partial charge in [0.2, 0.25) is 0 Å². The van der Waals surface area contributed by atoms with Crippen molar-refractivity contribution in [3.63, 3.8) is 0 Å². The van der Waals surface area contributed by atoms with Crippen LogP contribution in [0.15, 0.2) is 47.6 Å². The van der Waals surface area contributed by atoms with Crippen LogP contribution >= 0.6 is 23.1 Å². The van der Waals surface area contributed by atoms with Crippen molar-refractivity contribution in [2.45, 2.75) is 11.8 Å². The normalized spacial score (nSPS) is 10.4. The first kappa shape index (κ1) is 19.0. The first-order chi connectivity index (χ1) is 13.1. The quantitative estimate of drug-likeness (QED) is 0.500. The lowest BCUT2D eigenvalue weighted by Crippen LogP contribution is -2.20. The molecule has 0 saturated carbocycles. The maximum absolute atomic E-state index is 12.3. The number of ether oxygens (including phenoxy) is 1. The Morgan fingerprint density at radius 3 is 2.74 bits per heavy atom. The minimum absolute atomic E-state index is 0.328. The van der Waals surface area contributed by atoms with E-state index in [1.54, 1.807) is 43.2 Å². The summed E-state index contributed by atoms with van der Waals surface area (Å²) in [5.74, 6) is -0.563. The first-order valence-electron chi connectivity index (χ1n) is 7.92. The Labute approximate surface area is 164 Å². The number of benzene rings is 1. The van der Waals surface area contributed by atoms with E-state index >= 15 is 0 Å². The van der Waals surface area contributed by atoms with E-state index < -0.39 is 11.9 Å². The van der Waals surface area contributed by atoms with Gasteiger partial charge in [0, 0.05) is 23.0 Å². The molecule has 1 N–H and O–H groups in total. The Kier molecular flexibility index (Phi) is 6.15. The fraction of sp³-hybridized carbons (Fsp3) is 0.167. The Morgan fingerprint density at radius 2 is 2.00 bits per heavy atom. The van der Waals surface area contributed by atoms with Crippen LogP contribution in [0.1, 0.15) is 15.4 Å². The average molecular weight is 400 g/mol. The third-order valence-electron chi connectivity index (χ3n) is 3.43. The number of rotatable bonds is 6. The molecule has 0 aliphatic carbocycles. The molecule has 0 unspecified atom stereocenters. The molecule has 1 aromatic carbocycles. The minimum Gasteiger partial charge on any atom is -0.451 e. The van der Waals surface area contributed by atoms with Gasteiger partial charge in [-0.05, 0) is 37.4 Å². The van der Waals surface area contributed by atoms with Gasteiger partial charge in [0.15, 0.2) is 17.4 Å². The molecule has 0 atom stereocenters. The van der Waals surface area contributed by atoms with Gasteiger partial charge in [0.05, 0.1) is 5.69 Å². The van der Waals surface area contributed by atoms with Gasteiger partial charge in [-0.25, -0.2) is 19.7 Å². The Balaban J connectivity index is 1.60.